The van der Waals surface area contributed by atoms with E-state index in [9.17, 15) is 0 Å². The van der Waals surface area contributed by atoms with Gasteiger partial charge < -0.3 is 11.1 Å². The molecule has 0 aliphatic heterocycles. The Labute approximate surface area is 89.6 Å². The topological polar surface area (TPSA) is 38.0 Å². The first-order chi connectivity index (χ1) is 6.47. The average Bonchev–Trinajstić information content (AvgIpc) is 2.11. The third kappa shape index (κ3) is 6.39. The van der Waals surface area contributed by atoms with Gasteiger partial charge in [-0.05, 0) is 38.6 Å². The van der Waals surface area contributed by atoms with Crippen molar-refractivity contribution in [1.29, 1.82) is 0 Å². The van der Waals surface area contributed by atoms with Crippen LogP contribution in [0, 0.1) is 11.8 Å². The minimum atomic E-state index is 0.325. The van der Waals surface area contributed by atoms with E-state index in [0.29, 0.717) is 18.0 Å². The van der Waals surface area contributed by atoms with Crippen LogP contribution < -0.4 is 11.1 Å². The average molecular weight is 200 g/mol. The summed E-state index contributed by atoms with van der Waals surface area (Å²) >= 11 is 0. The monoisotopic (exact) mass is 200 g/mol. The lowest BCUT2D eigenvalue weighted by Crippen LogP contribution is -2.36. The lowest BCUT2D eigenvalue weighted by Gasteiger charge is -2.23. The molecule has 14 heavy (non-hydrogen) atoms. The molecular formula is C12H28N2. The normalized spacial score (nSPS) is 20.1. The maximum absolute atomic E-state index is 5.76. The molecule has 0 aromatic rings. The number of hydrogen-bond donors (Lipinski definition) is 2. The summed E-state index contributed by atoms with van der Waals surface area (Å²) in [5.41, 5.74) is 5.76. The first kappa shape index (κ1) is 13.9. The molecule has 0 aromatic carbocycles. The molecule has 4 unspecified atom stereocenters. The van der Waals surface area contributed by atoms with Crippen LogP contribution in [0.25, 0.3) is 0 Å². The quantitative estimate of drug-likeness (QED) is 0.662. The van der Waals surface area contributed by atoms with E-state index in [1.807, 2.05) is 0 Å². The van der Waals surface area contributed by atoms with Gasteiger partial charge in [0.25, 0.3) is 0 Å². The SMILES string of the molecule is CCC(C)C(C)NCC(C)CC(C)N. The van der Waals surface area contributed by atoms with E-state index in [-0.39, 0.29) is 0 Å². The van der Waals surface area contributed by atoms with Gasteiger partial charge in [0.2, 0.25) is 0 Å². The van der Waals surface area contributed by atoms with Crippen molar-refractivity contribution in [3.63, 3.8) is 0 Å². The third-order valence-electron chi connectivity index (χ3n) is 3.06. The largest absolute Gasteiger partial charge is 0.328 e. The maximum atomic E-state index is 5.76. The Bertz CT molecular complexity index is 134. The Kier molecular flexibility index (Phi) is 7.20. The van der Waals surface area contributed by atoms with Gasteiger partial charge in [-0.3, -0.25) is 0 Å². The van der Waals surface area contributed by atoms with Gasteiger partial charge in [0.15, 0.2) is 0 Å². The van der Waals surface area contributed by atoms with Crippen molar-refractivity contribution in [2.24, 2.45) is 17.6 Å². The van der Waals surface area contributed by atoms with E-state index < -0.39 is 0 Å². The van der Waals surface area contributed by atoms with Crippen LogP contribution >= 0.6 is 0 Å². The number of hydrogen-bond acceptors (Lipinski definition) is 2. The summed E-state index contributed by atoms with van der Waals surface area (Å²) < 4.78 is 0. The van der Waals surface area contributed by atoms with Crippen LogP contribution in [0.3, 0.4) is 0 Å². The second kappa shape index (κ2) is 7.24. The third-order valence-corrected chi connectivity index (χ3v) is 3.06. The highest BCUT2D eigenvalue weighted by Crippen LogP contribution is 2.08. The van der Waals surface area contributed by atoms with Gasteiger partial charge in [-0.1, -0.05) is 27.2 Å². The molecule has 0 aromatic heterocycles. The Hall–Kier alpha value is -0.0800. The van der Waals surface area contributed by atoms with E-state index in [0.717, 1.165) is 18.9 Å². The predicted molar refractivity (Wildman–Crippen MR) is 64.4 cm³/mol. The second-order valence-electron chi connectivity index (χ2n) is 4.90. The van der Waals surface area contributed by atoms with Crippen molar-refractivity contribution in [1.82, 2.24) is 5.32 Å². The minimum Gasteiger partial charge on any atom is -0.328 e. The Morgan fingerprint density at radius 3 is 2.14 bits per heavy atom. The smallest absolute Gasteiger partial charge is 0.00643 e. The van der Waals surface area contributed by atoms with Crippen LogP contribution in [0.5, 0.6) is 0 Å². The first-order valence-electron chi connectivity index (χ1n) is 5.96. The Balaban J connectivity index is 3.60. The molecule has 0 rings (SSSR count). The summed E-state index contributed by atoms with van der Waals surface area (Å²) in [6.07, 6.45) is 2.36. The molecule has 86 valence electrons. The molecular weight excluding hydrogens is 172 g/mol. The van der Waals surface area contributed by atoms with Crippen LogP contribution in [-0.4, -0.2) is 18.6 Å². The Morgan fingerprint density at radius 1 is 1.14 bits per heavy atom. The van der Waals surface area contributed by atoms with Crippen LogP contribution in [0.4, 0.5) is 0 Å². The van der Waals surface area contributed by atoms with E-state index in [4.69, 9.17) is 5.73 Å². The number of nitrogens with one attached hydrogen (secondary N) is 1. The fourth-order valence-corrected chi connectivity index (χ4v) is 1.66. The van der Waals surface area contributed by atoms with Crippen LogP contribution in [-0.2, 0) is 0 Å². The molecule has 4 atom stereocenters. The molecule has 0 amide bonds. The summed E-state index contributed by atoms with van der Waals surface area (Å²) in [7, 11) is 0. The standard InChI is InChI=1S/C12H28N2/c1-6-10(3)12(5)14-8-9(2)7-11(4)13/h9-12,14H,6-8,13H2,1-5H3. The van der Waals surface area contributed by atoms with Gasteiger partial charge in [0.1, 0.15) is 0 Å². The highest BCUT2D eigenvalue weighted by atomic mass is 14.9. The zero-order valence-electron chi connectivity index (χ0n) is 10.5. The van der Waals surface area contributed by atoms with Gasteiger partial charge in [0.05, 0.1) is 0 Å². The van der Waals surface area contributed by atoms with E-state index in [1.54, 1.807) is 0 Å². The molecule has 0 heterocycles. The number of rotatable bonds is 7. The van der Waals surface area contributed by atoms with Crippen molar-refractivity contribution < 1.29 is 0 Å². The zero-order chi connectivity index (χ0) is 11.1. The van der Waals surface area contributed by atoms with Crippen LogP contribution in [0.2, 0.25) is 0 Å². The maximum Gasteiger partial charge on any atom is 0.00643 e. The number of nitrogens with two attached hydrogens (primary N) is 1. The Morgan fingerprint density at radius 2 is 1.71 bits per heavy atom. The molecule has 2 heteroatoms. The van der Waals surface area contributed by atoms with Gasteiger partial charge >= 0.3 is 0 Å². The van der Waals surface area contributed by atoms with Gasteiger partial charge in [-0.15, -0.1) is 0 Å². The van der Waals surface area contributed by atoms with E-state index >= 15 is 0 Å². The van der Waals surface area contributed by atoms with Gasteiger partial charge in [-0.2, -0.15) is 0 Å². The molecule has 0 aliphatic rings. The molecule has 0 fully saturated rings. The summed E-state index contributed by atoms with van der Waals surface area (Å²) in [6.45, 7) is 12.2. The van der Waals surface area contributed by atoms with Crippen molar-refractivity contribution >= 4 is 0 Å². The second-order valence-corrected chi connectivity index (χ2v) is 4.90. The molecule has 2 nitrogen and oxygen atoms in total. The first-order valence-corrected chi connectivity index (χ1v) is 5.96. The summed E-state index contributed by atoms with van der Waals surface area (Å²) in [6, 6.07) is 0.946. The predicted octanol–water partition coefficient (Wildman–Crippen LogP) is 2.38. The van der Waals surface area contributed by atoms with E-state index in [1.165, 1.54) is 6.42 Å². The summed E-state index contributed by atoms with van der Waals surface area (Å²) in [4.78, 5) is 0. The van der Waals surface area contributed by atoms with Crippen LogP contribution in [0.15, 0.2) is 0 Å². The fraction of sp³-hybridized carbons (Fsp3) is 1.00. The van der Waals surface area contributed by atoms with Crippen molar-refractivity contribution in [3.8, 4) is 0 Å². The molecule has 0 saturated heterocycles. The van der Waals surface area contributed by atoms with Crippen molar-refractivity contribution in [2.75, 3.05) is 6.54 Å². The van der Waals surface area contributed by atoms with Crippen molar-refractivity contribution in [2.45, 2.75) is 59.5 Å². The summed E-state index contributed by atoms with van der Waals surface area (Å²) in [5.74, 6) is 1.44. The lowest BCUT2D eigenvalue weighted by atomic mass is 9.99. The highest BCUT2D eigenvalue weighted by molar-refractivity contribution is 4.70. The van der Waals surface area contributed by atoms with E-state index in [2.05, 4.69) is 39.9 Å². The zero-order valence-corrected chi connectivity index (χ0v) is 10.5. The lowest BCUT2D eigenvalue weighted by molar-refractivity contribution is 0.352. The van der Waals surface area contributed by atoms with Gasteiger partial charge in [0, 0.05) is 12.1 Å². The molecule has 0 radical (unpaired) electrons. The molecule has 0 spiro atoms. The fourth-order valence-electron chi connectivity index (χ4n) is 1.66. The summed E-state index contributed by atoms with van der Waals surface area (Å²) in [5, 5.41) is 3.58. The van der Waals surface area contributed by atoms with Crippen LogP contribution in [0.1, 0.15) is 47.5 Å². The molecule has 0 saturated carbocycles. The van der Waals surface area contributed by atoms with Gasteiger partial charge in [-0.25, -0.2) is 0 Å². The minimum absolute atomic E-state index is 0.325. The molecule has 0 aliphatic carbocycles. The molecule has 3 N–H and O–H groups in total. The van der Waals surface area contributed by atoms with Crippen molar-refractivity contribution in [3.05, 3.63) is 0 Å². The molecule has 0 bridgehead atoms. The highest BCUT2D eigenvalue weighted by Gasteiger charge is 2.11.